The van der Waals surface area contributed by atoms with Crippen molar-refractivity contribution in [2.75, 3.05) is 13.2 Å². The Balaban J connectivity index is 1.66. The van der Waals surface area contributed by atoms with Crippen LogP contribution in [0.2, 0.25) is 0 Å². The molecule has 1 N–H and O–H groups in total. The number of carbonyl (C=O) groups is 1. The van der Waals surface area contributed by atoms with Crippen LogP contribution in [0.5, 0.6) is 5.75 Å². The summed E-state index contributed by atoms with van der Waals surface area (Å²) in [5.41, 5.74) is 1.63. The van der Waals surface area contributed by atoms with Crippen LogP contribution in [0.4, 0.5) is 13.2 Å². The van der Waals surface area contributed by atoms with Gasteiger partial charge in [0.05, 0.1) is 18.2 Å². The highest BCUT2D eigenvalue weighted by atomic mass is 19.4. The second kappa shape index (κ2) is 8.04. The Labute approximate surface area is 173 Å². The van der Waals surface area contributed by atoms with E-state index >= 15 is 0 Å². The highest BCUT2D eigenvalue weighted by molar-refractivity contribution is 5.96. The first-order valence-electron chi connectivity index (χ1n) is 10.1. The van der Waals surface area contributed by atoms with Gasteiger partial charge < -0.3 is 14.8 Å². The SMILES string of the molecule is CC(=O)c1ccc(OC(F)(F)F)cc1[C@@H]1CO[C@]2(CCCN[C@H]2c2ccccc2)C1. The van der Waals surface area contributed by atoms with Gasteiger partial charge in [-0.25, -0.2) is 0 Å². The van der Waals surface area contributed by atoms with Gasteiger partial charge in [0.25, 0.3) is 0 Å². The maximum Gasteiger partial charge on any atom is 0.573 e. The van der Waals surface area contributed by atoms with E-state index in [1.54, 1.807) is 0 Å². The molecule has 4 rings (SSSR count). The van der Waals surface area contributed by atoms with Crippen LogP contribution in [-0.4, -0.2) is 30.9 Å². The Morgan fingerprint density at radius 2 is 1.97 bits per heavy atom. The Hall–Kier alpha value is -2.38. The summed E-state index contributed by atoms with van der Waals surface area (Å²) in [5.74, 6) is -0.692. The molecule has 0 amide bonds. The van der Waals surface area contributed by atoms with Gasteiger partial charge in [-0.15, -0.1) is 13.2 Å². The summed E-state index contributed by atoms with van der Waals surface area (Å²) < 4.78 is 48.6. The zero-order valence-corrected chi connectivity index (χ0v) is 16.7. The zero-order valence-electron chi connectivity index (χ0n) is 16.7. The molecule has 0 aromatic heterocycles. The van der Waals surface area contributed by atoms with E-state index in [2.05, 4.69) is 22.2 Å². The number of hydrogen-bond donors (Lipinski definition) is 1. The average molecular weight is 419 g/mol. The highest BCUT2D eigenvalue weighted by Crippen LogP contribution is 2.49. The van der Waals surface area contributed by atoms with Crippen LogP contribution >= 0.6 is 0 Å². The fourth-order valence-corrected chi connectivity index (χ4v) is 4.80. The summed E-state index contributed by atoms with van der Waals surface area (Å²) in [6.45, 7) is 2.65. The molecule has 4 nitrogen and oxygen atoms in total. The molecule has 7 heteroatoms. The quantitative estimate of drug-likeness (QED) is 0.696. The topological polar surface area (TPSA) is 47.6 Å². The van der Waals surface area contributed by atoms with Crippen LogP contribution in [0.25, 0.3) is 0 Å². The van der Waals surface area contributed by atoms with Gasteiger partial charge in [0, 0.05) is 11.5 Å². The molecule has 1 spiro atoms. The molecule has 30 heavy (non-hydrogen) atoms. The average Bonchev–Trinajstić information content (AvgIpc) is 3.11. The minimum absolute atomic E-state index is 0.00663. The minimum Gasteiger partial charge on any atom is -0.406 e. The highest BCUT2D eigenvalue weighted by Gasteiger charge is 2.49. The molecule has 0 radical (unpaired) electrons. The Kier molecular flexibility index (Phi) is 5.59. The first kappa shape index (κ1) is 20.9. The normalized spacial score (nSPS) is 26.7. The third-order valence-corrected chi connectivity index (χ3v) is 6.02. The number of Topliss-reactive ketones (excluding diaryl/α,β-unsaturated/α-hetero) is 1. The van der Waals surface area contributed by atoms with E-state index in [0.29, 0.717) is 24.2 Å². The molecule has 2 heterocycles. The van der Waals surface area contributed by atoms with Crippen molar-refractivity contribution in [1.82, 2.24) is 5.32 Å². The number of benzene rings is 2. The van der Waals surface area contributed by atoms with Crippen LogP contribution in [0.1, 0.15) is 59.6 Å². The molecular weight excluding hydrogens is 395 g/mol. The van der Waals surface area contributed by atoms with Crippen LogP contribution in [0.3, 0.4) is 0 Å². The molecule has 0 bridgehead atoms. The first-order valence-corrected chi connectivity index (χ1v) is 10.1. The van der Waals surface area contributed by atoms with Gasteiger partial charge in [0.15, 0.2) is 5.78 Å². The van der Waals surface area contributed by atoms with Crippen LogP contribution < -0.4 is 10.1 Å². The van der Waals surface area contributed by atoms with Gasteiger partial charge in [-0.1, -0.05) is 30.3 Å². The van der Waals surface area contributed by atoms with Gasteiger partial charge in [-0.2, -0.15) is 0 Å². The van der Waals surface area contributed by atoms with E-state index in [-0.39, 0.29) is 23.5 Å². The lowest BCUT2D eigenvalue weighted by molar-refractivity contribution is -0.274. The Morgan fingerprint density at radius 1 is 1.20 bits per heavy atom. The molecule has 0 saturated carbocycles. The molecule has 2 aliphatic rings. The van der Waals surface area contributed by atoms with Crippen LogP contribution in [0, 0.1) is 0 Å². The van der Waals surface area contributed by atoms with E-state index in [4.69, 9.17) is 4.74 Å². The monoisotopic (exact) mass is 419 g/mol. The summed E-state index contributed by atoms with van der Waals surface area (Å²) in [4.78, 5) is 12.2. The first-order chi connectivity index (χ1) is 14.3. The van der Waals surface area contributed by atoms with Crippen molar-refractivity contribution in [2.45, 2.75) is 50.1 Å². The molecule has 0 aliphatic carbocycles. The molecular formula is C23H24F3NO3. The standard InChI is InChI=1S/C23H24F3NO3/c1-15(28)19-9-8-18(30-23(24,25)26)12-20(19)17-13-22(29-14-17)10-5-11-27-21(22)16-6-3-2-4-7-16/h2-4,6-9,12,17,21,27H,5,10-11,13-14H2,1H3/t17-,21-,22+/m0/s1. The number of hydrogen-bond acceptors (Lipinski definition) is 4. The lowest BCUT2D eigenvalue weighted by Crippen LogP contribution is -2.48. The number of halogens is 3. The summed E-state index contributed by atoms with van der Waals surface area (Å²) in [5, 5.41) is 3.55. The van der Waals surface area contributed by atoms with Gasteiger partial charge in [-0.3, -0.25) is 4.79 Å². The van der Waals surface area contributed by atoms with Crippen molar-refractivity contribution in [3.05, 3.63) is 65.2 Å². The molecule has 2 aromatic carbocycles. The van der Waals surface area contributed by atoms with Crippen molar-refractivity contribution in [3.63, 3.8) is 0 Å². The predicted molar refractivity (Wildman–Crippen MR) is 106 cm³/mol. The smallest absolute Gasteiger partial charge is 0.406 e. The van der Waals surface area contributed by atoms with Crippen molar-refractivity contribution in [2.24, 2.45) is 0 Å². The molecule has 2 aliphatic heterocycles. The van der Waals surface area contributed by atoms with Crippen molar-refractivity contribution < 1.29 is 27.4 Å². The van der Waals surface area contributed by atoms with Crippen molar-refractivity contribution in [1.29, 1.82) is 0 Å². The van der Waals surface area contributed by atoms with E-state index in [1.807, 2.05) is 18.2 Å². The summed E-state index contributed by atoms with van der Waals surface area (Å²) in [6.07, 6.45) is -2.36. The molecule has 2 saturated heterocycles. The van der Waals surface area contributed by atoms with E-state index in [0.717, 1.165) is 24.9 Å². The zero-order chi connectivity index (χ0) is 21.4. The van der Waals surface area contributed by atoms with E-state index < -0.39 is 12.0 Å². The van der Waals surface area contributed by atoms with Crippen molar-refractivity contribution in [3.8, 4) is 5.75 Å². The fourth-order valence-electron chi connectivity index (χ4n) is 4.80. The number of ether oxygens (including phenoxy) is 2. The number of nitrogens with one attached hydrogen (secondary N) is 1. The Morgan fingerprint density at radius 3 is 2.67 bits per heavy atom. The van der Waals surface area contributed by atoms with Crippen molar-refractivity contribution >= 4 is 5.78 Å². The van der Waals surface area contributed by atoms with E-state index in [9.17, 15) is 18.0 Å². The fraction of sp³-hybridized carbons (Fsp3) is 0.435. The van der Waals surface area contributed by atoms with Crippen LogP contribution in [0.15, 0.2) is 48.5 Å². The lowest BCUT2D eigenvalue weighted by atomic mass is 9.76. The van der Waals surface area contributed by atoms with E-state index in [1.165, 1.54) is 25.1 Å². The molecule has 0 unspecified atom stereocenters. The molecule has 3 atom stereocenters. The maximum absolute atomic E-state index is 12.7. The summed E-state index contributed by atoms with van der Waals surface area (Å²) in [7, 11) is 0. The second-order valence-electron chi connectivity index (χ2n) is 8.03. The minimum atomic E-state index is -4.78. The number of alkyl halides is 3. The Bertz CT molecular complexity index is 916. The number of carbonyl (C=O) groups excluding carboxylic acids is 1. The van der Waals surface area contributed by atoms with Crippen LogP contribution in [-0.2, 0) is 4.74 Å². The number of ketones is 1. The second-order valence-corrected chi connectivity index (χ2v) is 8.03. The molecule has 160 valence electrons. The molecule has 2 aromatic rings. The number of rotatable bonds is 4. The van der Waals surface area contributed by atoms with Gasteiger partial charge in [-0.05, 0) is 62.1 Å². The predicted octanol–water partition coefficient (Wildman–Crippen LogP) is 5.16. The molecule has 2 fully saturated rings. The number of piperidine rings is 1. The van der Waals surface area contributed by atoms with Gasteiger partial charge >= 0.3 is 6.36 Å². The largest absolute Gasteiger partial charge is 0.573 e. The maximum atomic E-state index is 12.7. The third kappa shape index (κ3) is 4.23. The third-order valence-electron chi connectivity index (χ3n) is 6.02. The van der Waals surface area contributed by atoms with Gasteiger partial charge in [0.1, 0.15) is 5.75 Å². The summed E-state index contributed by atoms with van der Waals surface area (Å²) in [6, 6.07) is 14.0. The lowest BCUT2D eigenvalue weighted by Gasteiger charge is -2.41. The van der Waals surface area contributed by atoms with Gasteiger partial charge in [0.2, 0.25) is 0 Å². The summed E-state index contributed by atoms with van der Waals surface area (Å²) >= 11 is 0.